The summed E-state index contributed by atoms with van der Waals surface area (Å²) in [5.74, 6) is -0.158. The zero-order valence-corrected chi connectivity index (χ0v) is 15.0. The molecule has 1 saturated heterocycles. The second kappa shape index (κ2) is 7.33. The molecule has 1 N–H and O–H groups in total. The van der Waals surface area contributed by atoms with Crippen LogP contribution in [0.4, 0.5) is 11.4 Å². The molecule has 2 aromatic carbocycles. The first-order valence-corrected chi connectivity index (χ1v) is 8.57. The third-order valence-electron chi connectivity index (χ3n) is 3.83. The van der Waals surface area contributed by atoms with Gasteiger partial charge in [-0.2, -0.15) is 0 Å². The zero-order valence-electron chi connectivity index (χ0n) is 13.5. The van der Waals surface area contributed by atoms with Crippen molar-refractivity contribution in [3.63, 3.8) is 0 Å². The lowest BCUT2D eigenvalue weighted by atomic mass is 10.2. The Hall–Kier alpha value is -2.24. The molecule has 1 heterocycles. The second-order valence-corrected chi connectivity index (χ2v) is 6.26. The van der Waals surface area contributed by atoms with Crippen molar-refractivity contribution < 1.29 is 14.3 Å². The summed E-state index contributed by atoms with van der Waals surface area (Å²) in [5.41, 5.74) is 0.959. The average Bonchev–Trinajstić information content (AvgIpc) is 2.87. The number of imide groups is 1. The molecule has 0 aliphatic carbocycles. The van der Waals surface area contributed by atoms with Crippen LogP contribution in [0.2, 0.25) is 10.0 Å². The number of halogens is 2. The van der Waals surface area contributed by atoms with Crippen LogP contribution in [-0.2, 0) is 9.59 Å². The van der Waals surface area contributed by atoms with Gasteiger partial charge in [-0.1, -0.05) is 41.4 Å². The van der Waals surface area contributed by atoms with Crippen molar-refractivity contribution in [3.8, 4) is 5.75 Å². The molecule has 3 rings (SSSR count). The van der Waals surface area contributed by atoms with E-state index in [1.54, 1.807) is 42.5 Å². The Morgan fingerprint density at radius 2 is 1.92 bits per heavy atom. The summed E-state index contributed by atoms with van der Waals surface area (Å²) >= 11 is 12.1. The number of benzene rings is 2. The fraction of sp³-hybridized carbons (Fsp3) is 0.222. The van der Waals surface area contributed by atoms with Crippen molar-refractivity contribution in [1.29, 1.82) is 0 Å². The zero-order chi connectivity index (χ0) is 18.0. The van der Waals surface area contributed by atoms with E-state index >= 15 is 0 Å². The maximum Gasteiger partial charge on any atom is 0.256 e. The van der Waals surface area contributed by atoms with Crippen molar-refractivity contribution in [2.75, 3.05) is 16.8 Å². The van der Waals surface area contributed by atoms with E-state index in [-0.39, 0.29) is 18.2 Å². The number of carbonyl (C=O) groups excluding carboxylic acids is 2. The number of amides is 2. The Kier molecular flexibility index (Phi) is 5.16. The van der Waals surface area contributed by atoms with Crippen molar-refractivity contribution >= 4 is 46.4 Å². The molecule has 2 aromatic rings. The van der Waals surface area contributed by atoms with Gasteiger partial charge in [-0.15, -0.1) is 0 Å². The lowest BCUT2D eigenvalue weighted by Gasteiger charge is -2.19. The molecule has 0 unspecified atom stereocenters. The summed E-state index contributed by atoms with van der Waals surface area (Å²) in [4.78, 5) is 26.4. The van der Waals surface area contributed by atoms with Gasteiger partial charge in [-0.25, -0.2) is 4.90 Å². The fourth-order valence-corrected chi connectivity index (χ4v) is 3.08. The normalized spacial score (nSPS) is 17.1. The van der Waals surface area contributed by atoms with Gasteiger partial charge < -0.3 is 10.1 Å². The van der Waals surface area contributed by atoms with Crippen LogP contribution in [0.15, 0.2) is 42.5 Å². The van der Waals surface area contributed by atoms with Crippen LogP contribution in [0, 0.1) is 0 Å². The third-order valence-corrected chi connectivity index (χ3v) is 4.65. The number of ether oxygens (including phenoxy) is 1. The first kappa shape index (κ1) is 17.6. The highest BCUT2D eigenvalue weighted by Crippen LogP contribution is 2.35. The monoisotopic (exact) mass is 378 g/mol. The molecule has 7 heteroatoms. The topological polar surface area (TPSA) is 58.6 Å². The SMILES string of the molecule is CCOc1ccccc1N1C(=O)C[C@@H](Nc2cccc(Cl)c2Cl)C1=O. The molecular weight excluding hydrogens is 363 g/mol. The lowest BCUT2D eigenvalue weighted by Crippen LogP contribution is -2.35. The summed E-state index contributed by atoms with van der Waals surface area (Å²) < 4.78 is 5.53. The highest BCUT2D eigenvalue weighted by Gasteiger charge is 2.41. The Labute approximate surface area is 155 Å². The molecule has 25 heavy (non-hydrogen) atoms. The Balaban J connectivity index is 1.87. The van der Waals surface area contributed by atoms with Crippen LogP contribution in [0.5, 0.6) is 5.75 Å². The molecule has 1 atom stereocenters. The molecule has 130 valence electrons. The molecule has 0 radical (unpaired) electrons. The number of rotatable bonds is 5. The van der Waals surface area contributed by atoms with Crippen molar-refractivity contribution in [3.05, 3.63) is 52.5 Å². The van der Waals surface area contributed by atoms with Gasteiger partial charge in [0.25, 0.3) is 5.91 Å². The largest absolute Gasteiger partial charge is 0.492 e. The molecule has 5 nitrogen and oxygen atoms in total. The number of carbonyl (C=O) groups is 2. The van der Waals surface area contributed by atoms with Gasteiger partial charge in [0.15, 0.2) is 0 Å². The van der Waals surface area contributed by atoms with E-state index in [1.807, 2.05) is 6.92 Å². The summed E-state index contributed by atoms with van der Waals surface area (Å²) in [7, 11) is 0. The van der Waals surface area contributed by atoms with E-state index in [2.05, 4.69) is 5.32 Å². The molecule has 0 aromatic heterocycles. The van der Waals surface area contributed by atoms with Gasteiger partial charge in [0.05, 0.1) is 34.4 Å². The van der Waals surface area contributed by atoms with Gasteiger partial charge in [-0.05, 0) is 31.2 Å². The number of nitrogens with one attached hydrogen (secondary N) is 1. The lowest BCUT2D eigenvalue weighted by molar-refractivity contribution is -0.121. The van der Waals surface area contributed by atoms with Gasteiger partial charge >= 0.3 is 0 Å². The van der Waals surface area contributed by atoms with Crippen LogP contribution in [0.3, 0.4) is 0 Å². The van der Waals surface area contributed by atoms with Gasteiger partial charge in [0.1, 0.15) is 11.8 Å². The molecule has 0 bridgehead atoms. The first-order chi connectivity index (χ1) is 12.0. The second-order valence-electron chi connectivity index (χ2n) is 5.47. The Morgan fingerprint density at radius 3 is 2.68 bits per heavy atom. The summed E-state index contributed by atoms with van der Waals surface area (Å²) in [6, 6.07) is 11.3. The molecule has 2 amide bonds. The highest BCUT2D eigenvalue weighted by atomic mass is 35.5. The minimum atomic E-state index is -0.710. The number of hydrogen-bond donors (Lipinski definition) is 1. The van der Waals surface area contributed by atoms with Gasteiger partial charge in [0.2, 0.25) is 5.91 Å². The van der Waals surface area contributed by atoms with Crippen LogP contribution >= 0.6 is 23.2 Å². The Morgan fingerprint density at radius 1 is 1.16 bits per heavy atom. The van der Waals surface area contributed by atoms with Crippen molar-refractivity contribution in [1.82, 2.24) is 0 Å². The average molecular weight is 379 g/mol. The van der Waals surface area contributed by atoms with E-state index in [0.717, 1.165) is 4.90 Å². The molecule has 1 aliphatic heterocycles. The van der Waals surface area contributed by atoms with Crippen molar-refractivity contribution in [2.45, 2.75) is 19.4 Å². The smallest absolute Gasteiger partial charge is 0.256 e. The van der Waals surface area contributed by atoms with Crippen LogP contribution in [-0.4, -0.2) is 24.5 Å². The predicted octanol–water partition coefficient (Wildman–Crippen LogP) is 4.14. The molecule has 1 aliphatic rings. The minimum absolute atomic E-state index is 0.0299. The van der Waals surface area contributed by atoms with Gasteiger partial charge in [-0.3, -0.25) is 9.59 Å². The standard InChI is InChI=1S/C18H16Cl2N2O3/c1-2-25-15-9-4-3-8-14(15)22-16(23)10-13(18(22)24)21-12-7-5-6-11(19)17(12)20/h3-9,13,21H,2,10H2,1H3/t13-/m1/s1. The van der Waals surface area contributed by atoms with E-state index in [9.17, 15) is 9.59 Å². The van der Waals surface area contributed by atoms with Gasteiger partial charge in [0, 0.05) is 0 Å². The van der Waals surface area contributed by atoms with Crippen molar-refractivity contribution in [2.24, 2.45) is 0 Å². The quantitative estimate of drug-likeness (QED) is 0.794. The van der Waals surface area contributed by atoms with E-state index in [1.165, 1.54) is 0 Å². The molecule has 0 saturated carbocycles. The fourth-order valence-electron chi connectivity index (χ4n) is 2.72. The van der Waals surface area contributed by atoms with E-state index in [4.69, 9.17) is 27.9 Å². The molecular formula is C18H16Cl2N2O3. The predicted molar refractivity (Wildman–Crippen MR) is 98.6 cm³/mol. The maximum atomic E-state index is 12.8. The third kappa shape index (κ3) is 3.43. The summed E-state index contributed by atoms with van der Waals surface area (Å²) in [5, 5.41) is 3.71. The number of para-hydroxylation sites is 2. The van der Waals surface area contributed by atoms with Crippen LogP contribution < -0.4 is 15.0 Å². The van der Waals surface area contributed by atoms with Crippen LogP contribution in [0.1, 0.15) is 13.3 Å². The van der Waals surface area contributed by atoms with Crippen LogP contribution in [0.25, 0.3) is 0 Å². The number of nitrogens with zero attached hydrogens (tertiary/aromatic N) is 1. The first-order valence-electron chi connectivity index (χ1n) is 7.82. The maximum absolute atomic E-state index is 12.8. The Bertz CT molecular complexity index is 826. The highest BCUT2D eigenvalue weighted by molar-refractivity contribution is 6.43. The molecule has 1 fully saturated rings. The van der Waals surface area contributed by atoms with E-state index in [0.29, 0.717) is 33.8 Å². The summed E-state index contributed by atoms with van der Waals surface area (Å²) in [6.07, 6.45) is 0.0299. The molecule has 0 spiro atoms. The van der Waals surface area contributed by atoms with E-state index < -0.39 is 6.04 Å². The number of hydrogen-bond acceptors (Lipinski definition) is 4. The minimum Gasteiger partial charge on any atom is -0.492 e. The summed E-state index contributed by atoms with van der Waals surface area (Å²) in [6.45, 7) is 2.28. The number of anilines is 2.